The fourth-order valence-electron chi connectivity index (χ4n) is 0.394. The van der Waals surface area contributed by atoms with Crippen LogP contribution in [0.3, 0.4) is 0 Å². The molecule has 3 nitrogen and oxygen atoms in total. The molecule has 0 saturated heterocycles. The second-order valence-corrected chi connectivity index (χ2v) is 2.58. The zero-order chi connectivity index (χ0) is 9.98. The van der Waals surface area contributed by atoms with Gasteiger partial charge in [0.15, 0.2) is 0 Å². The van der Waals surface area contributed by atoms with Crippen LogP contribution in [0.2, 0.25) is 0 Å². The van der Waals surface area contributed by atoms with Gasteiger partial charge in [-0.05, 0) is 19.9 Å². The van der Waals surface area contributed by atoms with Crippen molar-refractivity contribution in [2.75, 3.05) is 6.54 Å². The topological polar surface area (TPSA) is 63.3 Å². The van der Waals surface area contributed by atoms with Crippen LogP contribution >= 0.6 is 0 Å². The number of carboxylic acids is 1. The molecular weight excluding hydrogens is 154 g/mol. The fraction of sp³-hybridized carbons (Fsp3) is 0.667. The van der Waals surface area contributed by atoms with Crippen LogP contribution in [0.1, 0.15) is 33.1 Å². The molecule has 0 bridgehead atoms. The zero-order valence-electron chi connectivity index (χ0n) is 7.97. The first-order valence-corrected chi connectivity index (χ1v) is 4.15. The maximum absolute atomic E-state index is 9.60. The van der Waals surface area contributed by atoms with E-state index in [-0.39, 0.29) is 5.57 Å². The van der Waals surface area contributed by atoms with Crippen molar-refractivity contribution in [2.45, 2.75) is 33.1 Å². The van der Waals surface area contributed by atoms with Gasteiger partial charge in [-0.15, -0.1) is 0 Å². The summed E-state index contributed by atoms with van der Waals surface area (Å²) in [5.74, 6) is -0.935. The summed E-state index contributed by atoms with van der Waals surface area (Å²) in [7, 11) is 0. The highest BCUT2D eigenvalue weighted by Crippen LogP contribution is 1.88. The van der Waals surface area contributed by atoms with Crippen LogP contribution in [-0.4, -0.2) is 17.6 Å². The minimum absolute atomic E-state index is 0.176. The van der Waals surface area contributed by atoms with E-state index in [0.29, 0.717) is 0 Å². The molecule has 0 heterocycles. The zero-order valence-corrected chi connectivity index (χ0v) is 7.97. The summed E-state index contributed by atoms with van der Waals surface area (Å²) in [6.07, 6.45) is 3.75. The molecule has 0 aliphatic carbocycles. The van der Waals surface area contributed by atoms with E-state index in [9.17, 15) is 4.79 Å². The Hall–Kier alpha value is -0.830. The van der Waals surface area contributed by atoms with E-state index >= 15 is 0 Å². The standard InChI is InChI=1S/C5H13N.C4H6O2/c1-2-3-4-5-6;1-3(2)4(5)6/h2-6H2,1H3;1H2,2H3,(H,5,6). The Morgan fingerprint density at radius 1 is 1.50 bits per heavy atom. The summed E-state index contributed by atoms with van der Waals surface area (Å²) < 4.78 is 0. The first-order chi connectivity index (χ1) is 5.56. The summed E-state index contributed by atoms with van der Waals surface area (Å²) in [5, 5.41) is 7.89. The molecule has 0 amide bonds. The van der Waals surface area contributed by atoms with Gasteiger partial charge in [-0.3, -0.25) is 0 Å². The second-order valence-electron chi connectivity index (χ2n) is 2.58. The number of hydrogen-bond acceptors (Lipinski definition) is 2. The fourth-order valence-corrected chi connectivity index (χ4v) is 0.394. The highest BCUT2D eigenvalue weighted by molar-refractivity contribution is 5.84. The largest absolute Gasteiger partial charge is 0.478 e. The van der Waals surface area contributed by atoms with E-state index in [0.717, 1.165) is 6.54 Å². The molecular formula is C9H19NO2. The van der Waals surface area contributed by atoms with Crippen LogP contribution in [0, 0.1) is 0 Å². The van der Waals surface area contributed by atoms with Crippen molar-refractivity contribution >= 4 is 5.97 Å². The SMILES string of the molecule is C=C(C)C(=O)O.CCCCCN. The van der Waals surface area contributed by atoms with Crippen molar-refractivity contribution < 1.29 is 9.90 Å². The van der Waals surface area contributed by atoms with Gasteiger partial charge in [-0.25, -0.2) is 4.79 Å². The molecule has 0 aromatic heterocycles. The highest BCUT2D eigenvalue weighted by atomic mass is 16.4. The van der Waals surface area contributed by atoms with E-state index in [2.05, 4.69) is 13.5 Å². The number of carbonyl (C=O) groups is 1. The predicted molar refractivity (Wildman–Crippen MR) is 51.0 cm³/mol. The van der Waals surface area contributed by atoms with Crippen LogP contribution in [0.25, 0.3) is 0 Å². The maximum Gasteiger partial charge on any atom is 0.330 e. The lowest BCUT2D eigenvalue weighted by Crippen LogP contribution is -1.96. The van der Waals surface area contributed by atoms with Gasteiger partial charge in [0.25, 0.3) is 0 Å². The van der Waals surface area contributed by atoms with E-state index in [1.165, 1.54) is 26.2 Å². The van der Waals surface area contributed by atoms with Crippen molar-refractivity contribution in [3.63, 3.8) is 0 Å². The van der Waals surface area contributed by atoms with Gasteiger partial charge in [0.1, 0.15) is 0 Å². The van der Waals surface area contributed by atoms with Gasteiger partial charge in [-0.1, -0.05) is 26.3 Å². The predicted octanol–water partition coefficient (Wildman–Crippen LogP) is 1.78. The smallest absolute Gasteiger partial charge is 0.330 e. The third-order valence-electron chi connectivity index (χ3n) is 1.17. The molecule has 0 spiro atoms. The minimum atomic E-state index is -0.935. The average Bonchev–Trinajstić information content (AvgIpc) is 2.02. The number of unbranched alkanes of at least 4 members (excludes halogenated alkanes) is 2. The van der Waals surface area contributed by atoms with Crippen molar-refractivity contribution in [3.05, 3.63) is 12.2 Å². The third kappa shape index (κ3) is 16.1. The summed E-state index contributed by atoms with van der Waals surface area (Å²) in [4.78, 5) is 9.60. The molecule has 3 N–H and O–H groups in total. The summed E-state index contributed by atoms with van der Waals surface area (Å²) in [5.41, 5.74) is 5.39. The minimum Gasteiger partial charge on any atom is -0.478 e. The lowest BCUT2D eigenvalue weighted by Gasteiger charge is -1.86. The monoisotopic (exact) mass is 173 g/mol. The van der Waals surface area contributed by atoms with Crippen LogP contribution in [0.15, 0.2) is 12.2 Å². The molecule has 12 heavy (non-hydrogen) atoms. The van der Waals surface area contributed by atoms with Crippen molar-refractivity contribution in [3.8, 4) is 0 Å². The molecule has 0 aliphatic heterocycles. The summed E-state index contributed by atoms with van der Waals surface area (Å²) in [6.45, 7) is 7.63. The molecule has 0 aromatic rings. The van der Waals surface area contributed by atoms with Crippen LogP contribution in [0.5, 0.6) is 0 Å². The third-order valence-corrected chi connectivity index (χ3v) is 1.17. The Bertz CT molecular complexity index is 116. The molecule has 0 unspecified atom stereocenters. The highest BCUT2D eigenvalue weighted by Gasteiger charge is 1.90. The quantitative estimate of drug-likeness (QED) is 0.503. The maximum atomic E-state index is 9.60. The molecule has 0 atom stereocenters. The van der Waals surface area contributed by atoms with E-state index in [1.807, 2.05) is 0 Å². The lowest BCUT2D eigenvalue weighted by molar-refractivity contribution is -0.132. The number of aliphatic carboxylic acids is 1. The Morgan fingerprint density at radius 3 is 2.00 bits per heavy atom. The molecule has 0 radical (unpaired) electrons. The van der Waals surface area contributed by atoms with Gasteiger partial charge in [-0.2, -0.15) is 0 Å². The molecule has 0 fully saturated rings. The van der Waals surface area contributed by atoms with E-state index in [1.54, 1.807) is 0 Å². The van der Waals surface area contributed by atoms with Crippen molar-refractivity contribution in [1.82, 2.24) is 0 Å². The van der Waals surface area contributed by atoms with E-state index < -0.39 is 5.97 Å². The number of hydrogen-bond donors (Lipinski definition) is 2. The Kier molecular flexibility index (Phi) is 11.6. The molecule has 0 aromatic carbocycles. The van der Waals surface area contributed by atoms with E-state index in [4.69, 9.17) is 10.8 Å². The van der Waals surface area contributed by atoms with Crippen molar-refractivity contribution in [2.24, 2.45) is 5.73 Å². The molecule has 0 aliphatic rings. The first-order valence-electron chi connectivity index (χ1n) is 4.15. The van der Waals surface area contributed by atoms with Gasteiger partial charge in [0.05, 0.1) is 0 Å². The molecule has 0 rings (SSSR count). The normalized spacial score (nSPS) is 8.25. The van der Waals surface area contributed by atoms with Crippen molar-refractivity contribution in [1.29, 1.82) is 0 Å². The first kappa shape index (κ1) is 13.7. The van der Waals surface area contributed by atoms with Gasteiger partial charge in [0, 0.05) is 5.57 Å². The Labute approximate surface area is 74.3 Å². The lowest BCUT2D eigenvalue weighted by atomic mass is 10.3. The summed E-state index contributed by atoms with van der Waals surface area (Å²) in [6, 6.07) is 0. The number of nitrogens with two attached hydrogens (primary N) is 1. The van der Waals surface area contributed by atoms with Crippen LogP contribution in [-0.2, 0) is 4.79 Å². The van der Waals surface area contributed by atoms with Gasteiger partial charge in [0.2, 0.25) is 0 Å². The van der Waals surface area contributed by atoms with Gasteiger partial charge >= 0.3 is 5.97 Å². The molecule has 0 saturated carbocycles. The van der Waals surface area contributed by atoms with Gasteiger partial charge < -0.3 is 10.8 Å². The molecule has 3 heteroatoms. The average molecular weight is 173 g/mol. The summed E-state index contributed by atoms with van der Waals surface area (Å²) >= 11 is 0. The van der Waals surface area contributed by atoms with Crippen LogP contribution < -0.4 is 5.73 Å². The molecule has 72 valence electrons. The number of rotatable bonds is 4. The second kappa shape index (κ2) is 10.2. The Balaban J connectivity index is 0. The van der Waals surface area contributed by atoms with Crippen LogP contribution in [0.4, 0.5) is 0 Å². The Morgan fingerprint density at radius 2 is 1.92 bits per heavy atom. The number of carboxylic acid groups (broad SMARTS) is 1.